The fraction of sp³-hybridized carbons (Fsp3) is 0.357. The van der Waals surface area contributed by atoms with Crippen molar-refractivity contribution in [3.05, 3.63) is 35.4 Å². The number of aromatic nitrogens is 2. The number of aryl methyl sites for hydroxylation is 1. The second-order valence-electron chi connectivity index (χ2n) is 4.64. The first-order valence-electron chi connectivity index (χ1n) is 6.06. The Kier molecular flexibility index (Phi) is 3.18. The van der Waals surface area contributed by atoms with Gasteiger partial charge < -0.3 is 5.73 Å². The maximum Gasteiger partial charge on any atom is 0.145 e. The molecule has 0 amide bonds. The van der Waals surface area contributed by atoms with Crippen molar-refractivity contribution in [2.75, 3.05) is 5.73 Å². The van der Waals surface area contributed by atoms with E-state index in [1.54, 1.807) is 0 Å². The van der Waals surface area contributed by atoms with Crippen LogP contribution < -0.4 is 5.73 Å². The van der Waals surface area contributed by atoms with Crippen LogP contribution in [-0.4, -0.2) is 10.2 Å². The summed E-state index contributed by atoms with van der Waals surface area (Å²) < 4.78 is 0. The van der Waals surface area contributed by atoms with Gasteiger partial charge in [-0.05, 0) is 29.5 Å². The van der Waals surface area contributed by atoms with Gasteiger partial charge in [0.1, 0.15) is 5.82 Å². The predicted octanol–water partition coefficient (Wildman–Crippen LogP) is 3.34. The molecular formula is C14H19N3. The Hall–Kier alpha value is -1.77. The van der Waals surface area contributed by atoms with E-state index < -0.39 is 0 Å². The fourth-order valence-electron chi connectivity index (χ4n) is 2.04. The average molecular weight is 229 g/mol. The van der Waals surface area contributed by atoms with E-state index in [0.29, 0.717) is 11.7 Å². The van der Waals surface area contributed by atoms with Gasteiger partial charge in [0.05, 0.1) is 5.69 Å². The monoisotopic (exact) mass is 229 g/mol. The van der Waals surface area contributed by atoms with Crippen LogP contribution in [0.15, 0.2) is 24.3 Å². The number of aromatic amines is 1. The van der Waals surface area contributed by atoms with E-state index in [-0.39, 0.29) is 0 Å². The summed E-state index contributed by atoms with van der Waals surface area (Å²) in [5, 5.41) is 7.00. The van der Waals surface area contributed by atoms with Crippen molar-refractivity contribution in [2.45, 2.75) is 33.1 Å². The van der Waals surface area contributed by atoms with Crippen LogP contribution in [0.3, 0.4) is 0 Å². The highest BCUT2D eigenvalue weighted by Gasteiger charge is 2.11. The van der Waals surface area contributed by atoms with Crippen molar-refractivity contribution in [1.29, 1.82) is 0 Å². The number of hydrogen-bond acceptors (Lipinski definition) is 2. The van der Waals surface area contributed by atoms with E-state index in [4.69, 9.17) is 5.73 Å². The Morgan fingerprint density at radius 1 is 1.29 bits per heavy atom. The van der Waals surface area contributed by atoms with Gasteiger partial charge in [-0.1, -0.05) is 32.9 Å². The van der Waals surface area contributed by atoms with Crippen LogP contribution >= 0.6 is 0 Å². The van der Waals surface area contributed by atoms with Gasteiger partial charge in [0, 0.05) is 11.6 Å². The van der Waals surface area contributed by atoms with Crippen molar-refractivity contribution in [1.82, 2.24) is 10.2 Å². The predicted molar refractivity (Wildman–Crippen MR) is 71.9 cm³/mol. The molecule has 0 radical (unpaired) electrons. The highest BCUT2D eigenvalue weighted by Crippen LogP contribution is 2.29. The Balaban J connectivity index is 2.56. The van der Waals surface area contributed by atoms with Crippen molar-refractivity contribution in [3.8, 4) is 11.3 Å². The lowest BCUT2D eigenvalue weighted by Crippen LogP contribution is -1.94. The third-order valence-electron chi connectivity index (χ3n) is 3.04. The Morgan fingerprint density at radius 3 is 2.59 bits per heavy atom. The Bertz CT molecular complexity index is 512. The zero-order valence-electron chi connectivity index (χ0n) is 10.6. The first-order valence-corrected chi connectivity index (χ1v) is 6.06. The van der Waals surface area contributed by atoms with Crippen LogP contribution in [0.1, 0.15) is 37.8 Å². The van der Waals surface area contributed by atoms with Gasteiger partial charge in [-0.2, -0.15) is 5.10 Å². The number of rotatable bonds is 3. The molecule has 1 aromatic heterocycles. The van der Waals surface area contributed by atoms with Gasteiger partial charge in [-0.15, -0.1) is 0 Å². The van der Waals surface area contributed by atoms with Gasteiger partial charge in [0.25, 0.3) is 0 Å². The molecule has 1 heterocycles. The number of nitrogens with two attached hydrogens (primary N) is 1. The van der Waals surface area contributed by atoms with Crippen LogP contribution in [-0.2, 0) is 6.42 Å². The lowest BCUT2D eigenvalue weighted by Gasteiger charge is -2.13. The molecule has 0 fully saturated rings. The zero-order chi connectivity index (χ0) is 12.4. The molecule has 3 nitrogen and oxygen atoms in total. The molecule has 3 heteroatoms. The zero-order valence-corrected chi connectivity index (χ0v) is 10.6. The normalized spacial score (nSPS) is 11.1. The molecule has 2 rings (SSSR count). The van der Waals surface area contributed by atoms with Crippen molar-refractivity contribution >= 4 is 5.82 Å². The molecule has 0 unspecified atom stereocenters. The topological polar surface area (TPSA) is 54.7 Å². The molecule has 0 bridgehead atoms. The molecule has 17 heavy (non-hydrogen) atoms. The van der Waals surface area contributed by atoms with Gasteiger partial charge in [-0.25, -0.2) is 0 Å². The van der Waals surface area contributed by atoms with Crippen LogP contribution in [0.5, 0.6) is 0 Å². The van der Waals surface area contributed by atoms with E-state index in [1.165, 1.54) is 16.7 Å². The van der Waals surface area contributed by atoms with E-state index in [0.717, 1.165) is 12.1 Å². The first-order chi connectivity index (χ1) is 8.11. The number of anilines is 1. The summed E-state index contributed by atoms with van der Waals surface area (Å²) in [6, 6.07) is 8.51. The lowest BCUT2D eigenvalue weighted by molar-refractivity contribution is 0.865. The number of benzene rings is 1. The standard InChI is InChI=1S/C14H19N3/c1-4-10-5-6-11(9(2)3)12(7-10)13-8-14(15)17-16-13/h5-9H,4H2,1-3H3,(H3,15,16,17). The molecule has 0 aliphatic carbocycles. The third kappa shape index (κ3) is 2.33. The van der Waals surface area contributed by atoms with Crippen molar-refractivity contribution < 1.29 is 0 Å². The quantitative estimate of drug-likeness (QED) is 0.848. The number of H-pyrrole nitrogens is 1. The summed E-state index contributed by atoms with van der Waals surface area (Å²) in [5.74, 6) is 1.03. The summed E-state index contributed by atoms with van der Waals surface area (Å²) >= 11 is 0. The summed E-state index contributed by atoms with van der Waals surface area (Å²) in [7, 11) is 0. The molecule has 0 spiro atoms. The van der Waals surface area contributed by atoms with Crippen molar-refractivity contribution in [2.24, 2.45) is 0 Å². The lowest BCUT2D eigenvalue weighted by atomic mass is 9.93. The van der Waals surface area contributed by atoms with Crippen molar-refractivity contribution in [3.63, 3.8) is 0 Å². The smallest absolute Gasteiger partial charge is 0.145 e. The molecule has 90 valence electrons. The number of nitrogen functional groups attached to an aromatic ring is 1. The highest BCUT2D eigenvalue weighted by molar-refractivity contribution is 5.67. The number of hydrogen-bond donors (Lipinski definition) is 2. The fourth-order valence-corrected chi connectivity index (χ4v) is 2.04. The molecule has 0 aliphatic heterocycles. The summed E-state index contributed by atoms with van der Waals surface area (Å²) in [5.41, 5.74) is 10.5. The molecule has 0 aliphatic rings. The van der Waals surface area contributed by atoms with E-state index in [2.05, 4.69) is 49.2 Å². The maximum absolute atomic E-state index is 5.67. The van der Waals surface area contributed by atoms with Gasteiger partial charge >= 0.3 is 0 Å². The summed E-state index contributed by atoms with van der Waals surface area (Å²) in [6.45, 7) is 6.56. The van der Waals surface area contributed by atoms with Crippen LogP contribution in [0.2, 0.25) is 0 Å². The molecule has 0 saturated carbocycles. The molecule has 2 aromatic rings. The summed E-state index contributed by atoms with van der Waals surface area (Å²) in [6.07, 6.45) is 1.04. The van der Waals surface area contributed by atoms with Crippen LogP contribution in [0, 0.1) is 0 Å². The van der Waals surface area contributed by atoms with Gasteiger partial charge in [0.2, 0.25) is 0 Å². The second-order valence-corrected chi connectivity index (χ2v) is 4.64. The second kappa shape index (κ2) is 4.62. The molecule has 1 aromatic carbocycles. The first kappa shape index (κ1) is 11.7. The maximum atomic E-state index is 5.67. The minimum Gasteiger partial charge on any atom is -0.382 e. The minimum atomic E-state index is 0.487. The number of nitrogens with one attached hydrogen (secondary N) is 1. The van der Waals surface area contributed by atoms with E-state index in [9.17, 15) is 0 Å². The highest BCUT2D eigenvalue weighted by atomic mass is 15.2. The molecule has 3 N–H and O–H groups in total. The number of nitrogens with zero attached hydrogens (tertiary/aromatic N) is 1. The largest absolute Gasteiger partial charge is 0.382 e. The minimum absolute atomic E-state index is 0.487. The Morgan fingerprint density at radius 2 is 2.06 bits per heavy atom. The van der Waals surface area contributed by atoms with E-state index >= 15 is 0 Å². The molecule has 0 atom stereocenters. The van der Waals surface area contributed by atoms with Crippen LogP contribution in [0.25, 0.3) is 11.3 Å². The SMILES string of the molecule is CCc1ccc(C(C)C)c(-c2cc(N)n[nH]2)c1. The molecular weight excluding hydrogens is 210 g/mol. The van der Waals surface area contributed by atoms with Crippen LogP contribution in [0.4, 0.5) is 5.82 Å². The average Bonchev–Trinajstić information content (AvgIpc) is 2.75. The van der Waals surface area contributed by atoms with E-state index in [1.807, 2.05) is 6.07 Å². The third-order valence-corrected chi connectivity index (χ3v) is 3.04. The van der Waals surface area contributed by atoms with Gasteiger partial charge in [0.15, 0.2) is 0 Å². The van der Waals surface area contributed by atoms with Gasteiger partial charge in [-0.3, -0.25) is 5.10 Å². The summed E-state index contributed by atoms with van der Waals surface area (Å²) in [4.78, 5) is 0. The molecule has 0 saturated heterocycles. The Labute approximate surface area is 102 Å².